The summed E-state index contributed by atoms with van der Waals surface area (Å²) in [5, 5.41) is 2.33. The number of amides is 3. The van der Waals surface area contributed by atoms with Crippen LogP contribution in [0.2, 0.25) is 0 Å². The zero-order valence-electron chi connectivity index (χ0n) is 16.4. The van der Waals surface area contributed by atoms with Crippen molar-refractivity contribution in [3.63, 3.8) is 0 Å². The van der Waals surface area contributed by atoms with E-state index in [4.69, 9.17) is 4.74 Å². The first-order chi connectivity index (χ1) is 13.5. The highest BCUT2D eigenvalue weighted by atomic mass is 16.5. The van der Waals surface area contributed by atoms with Crippen molar-refractivity contribution >= 4 is 17.7 Å². The SMILES string of the molecule is CCN1CCC[C@H]1C(C)Oc1ccc2c(c1)CN(C1CCC(=O)NC1=O)C2=O. The quantitative estimate of drug-likeness (QED) is 0.781. The molecule has 0 bridgehead atoms. The molecule has 2 fully saturated rings. The minimum atomic E-state index is -0.586. The van der Waals surface area contributed by atoms with Crippen LogP contribution in [0.4, 0.5) is 0 Å². The first kappa shape index (κ1) is 18.9. The third-order valence-corrected chi connectivity index (χ3v) is 6.18. The molecule has 28 heavy (non-hydrogen) atoms. The molecule has 0 radical (unpaired) electrons. The molecule has 3 aliphatic heterocycles. The summed E-state index contributed by atoms with van der Waals surface area (Å²) in [7, 11) is 0. The summed E-state index contributed by atoms with van der Waals surface area (Å²) in [6, 6.07) is 5.38. The second-order valence-electron chi connectivity index (χ2n) is 7.88. The molecule has 3 atom stereocenters. The first-order valence-electron chi connectivity index (χ1n) is 10.2. The second kappa shape index (κ2) is 7.54. The molecule has 7 nitrogen and oxygen atoms in total. The van der Waals surface area contributed by atoms with Crippen molar-refractivity contribution in [1.82, 2.24) is 15.1 Å². The lowest BCUT2D eigenvalue weighted by Crippen LogP contribution is -2.52. The summed E-state index contributed by atoms with van der Waals surface area (Å²) >= 11 is 0. The van der Waals surface area contributed by atoms with Gasteiger partial charge < -0.3 is 9.64 Å². The molecule has 0 spiro atoms. The lowest BCUT2D eigenvalue weighted by atomic mass is 10.0. The van der Waals surface area contributed by atoms with E-state index in [9.17, 15) is 14.4 Å². The minimum absolute atomic E-state index is 0.0730. The van der Waals surface area contributed by atoms with Gasteiger partial charge in [0.25, 0.3) is 5.91 Å². The number of likely N-dealkylation sites (N-methyl/N-ethyl adjacent to an activating group) is 1. The number of rotatable bonds is 5. The summed E-state index contributed by atoms with van der Waals surface area (Å²) in [6.45, 7) is 6.80. The van der Waals surface area contributed by atoms with E-state index in [1.165, 1.54) is 6.42 Å². The van der Waals surface area contributed by atoms with Crippen LogP contribution in [-0.2, 0) is 16.1 Å². The lowest BCUT2D eigenvalue weighted by molar-refractivity contribution is -0.136. The smallest absolute Gasteiger partial charge is 0.255 e. The van der Waals surface area contributed by atoms with Gasteiger partial charge in [-0.15, -0.1) is 0 Å². The van der Waals surface area contributed by atoms with Crippen molar-refractivity contribution in [1.29, 1.82) is 0 Å². The number of hydrogen-bond acceptors (Lipinski definition) is 5. The van der Waals surface area contributed by atoms with Crippen LogP contribution in [0.15, 0.2) is 18.2 Å². The summed E-state index contributed by atoms with van der Waals surface area (Å²) in [6.07, 6.45) is 3.05. The molecule has 0 aliphatic carbocycles. The van der Waals surface area contributed by atoms with Crippen LogP contribution < -0.4 is 10.1 Å². The molecule has 1 aromatic carbocycles. The number of carbonyl (C=O) groups excluding carboxylic acids is 3. The molecular weight excluding hydrogens is 358 g/mol. The molecule has 3 heterocycles. The Morgan fingerprint density at radius 3 is 2.82 bits per heavy atom. The zero-order valence-corrected chi connectivity index (χ0v) is 16.4. The molecule has 2 saturated heterocycles. The highest BCUT2D eigenvalue weighted by Crippen LogP contribution is 2.31. The van der Waals surface area contributed by atoms with Crippen LogP contribution >= 0.6 is 0 Å². The van der Waals surface area contributed by atoms with Gasteiger partial charge in [0, 0.05) is 24.6 Å². The van der Waals surface area contributed by atoms with Gasteiger partial charge in [-0.3, -0.25) is 24.6 Å². The van der Waals surface area contributed by atoms with E-state index in [1.54, 1.807) is 11.0 Å². The highest BCUT2D eigenvalue weighted by molar-refractivity contribution is 6.05. The first-order valence-corrected chi connectivity index (χ1v) is 10.2. The zero-order chi connectivity index (χ0) is 19.8. The third kappa shape index (κ3) is 3.39. The summed E-state index contributed by atoms with van der Waals surface area (Å²) in [5.74, 6) is -0.0595. The number of ether oxygens (including phenoxy) is 1. The highest BCUT2D eigenvalue weighted by Gasteiger charge is 2.39. The minimum Gasteiger partial charge on any atom is -0.489 e. The van der Waals surface area contributed by atoms with Gasteiger partial charge in [-0.2, -0.15) is 0 Å². The van der Waals surface area contributed by atoms with Crippen LogP contribution in [0.25, 0.3) is 0 Å². The van der Waals surface area contributed by atoms with Gasteiger partial charge >= 0.3 is 0 Å². The Morgan fingerprint density at radius 1 is 1.25 bits per heavy atom. The molecule has 0 aromatic heterocycles. The average molecular weight is 385 g/mol. The lowest BCUT2D eigenvalue weighted by Gasteiger charge is -2.29. The number of piperidine rings is 1. The normalized spacial score (nSPS) is 26.4. The van der Waals surface area contributed by atoms with Crippen LogP contribution in [0.3, 0.4) is 0 Å². The summed E-state index contributed by atoms with van der Waals surface area (Å²) < 4.78 is 6.21. The van der Waals surface area contributed by atoms with Crippen LogP contribution in [0, 0.1) is 0 Å². The maximum Gasteiger partial charge on any atom is 0.255 e. The number of fused-ring (bicyclic) bond motifs is 1. The Labute approximate surface area is 165 Å². The fourth-order valence-corrected chi connectivity index (χ4v) is 4.69. The maximum absolute atomic E-state index is 12.8. The Hall–Kier alpha value is -2.41. The van der Waals surface area contributed by atoms with Gasteiger partial charge in [0.2, 0.25) is 11.8 Å². The van der Waals surface area contributed by atoms with Gasteiger partial charge in [-0.25, -0.2) is 0 Å². The molecule has 4 rings (SSSR count). The molecule has 0 saturated carbocycles. The van der Waals surface area contributed by atoms with Crippen molar-refractivity contribution in [3.8, 4) is 5.75 Å². The van der Waals surface area contributed by atoms with E-state index < -0.39 is 6.04 Å². The molecule has 1 N–H and O–H groups in total. The van der Waals surface area contributed by atoms with E-state index in [-0.39, 0.29) is 30.2 Å². The van der Waals surface area contributed by atoms with Crippen LogP contribution in [0.5, 0.6) is 5.75 Å². The molecule has 3 amide bonds. The van der Waals surface area contributed by atoms with Gasteiger partial charge in [0.1, 0.15) is 17.9 Å². The standard InChI is InChI=1S/C21H27N3O4/c1-3-23-10-4-5-17(23)13(2)28-15-6-7-16-14(11-15)12-24(21(16)27)18-8-9-19(25)22-20(18)26/h6-7,11,13,17-18H,3-5,8-10,12H2,1-2H3,(H,22,25,26)/t13?,17-,18?/m0/s1. The number of benzene rings is 1. The number of nitrogens with zero attached hydrogens (tertiary/aromatic N) is 2. The Bertz CT molecular complexity index is 809. The van der Waals surface area contributed by atoms with Crippen molar-refractivity contribution < 1.29 is 19.1 Å². The molecule has 150 valence electrons. The number of likely N-dealkylation sites (tertiary alicyclic amines) is 1. The van der Waals surface area contributed by atoms with Gasteiger partial charge in [0.15, 0.2) is 0 Å². The average Bonchev–Trinajstić information content (AvgIpc) is 3.26. The van der Waals surface area contributed by atoms with E-state index in [0.717, 1.165) is 30.8 Å². The van der Waals surface area contributed by atoms with Crippen LogP contribution in [-0.4, -0.2) is 58.8 Å². The summed E-state index contributed by atoms with van der Waals surface area (Å²) in [4.78, 5) is 40.3. The van der Waals surface area contributed by atoms with Crippen molar-refractivity contribution in [2.45, 2.75) is 64.3 Å². The molecular formula is C21H27N3O4. The van der Waals surface area contributed by atoms with Gasteiger partial charge in [0.05, 0.1) is 0 Å². The van der Waals surface area contributed by atoms with Gasteiger partial charge in [-0.05, 0) is 63.0 Å². The van der Waals surface area contributed by atoms with Crippen molar-refractivity contribution in [2.75, 3.05) is 13.1 Å². The number of hydrogen-bond donors (Lipinski definition) is 1. The molecule has 7 heteroatoms. The van der Waals surface area contributed by atoms with E-state index in [2.05, 4.69) is 24.1 Å². The van der Waals surface area contributed by atoms with E-state index in [1.807, 2.05) is 12.1 Å². The molecule has 3 aliphatic rings. The van der Waals surface area contributed by atoms with Gasteiger partial charge in [-0.1, -0.05) is 6.92 Å². The Kier molecular flexibility index (Phi) is 5.10. The topological polar surface area (TPSA) is 79.0 Å². The Morgan fingerprint density at radius 2 is 2.07 bits per heavy atom. The predicted molar refractivity (Wildman–Crippen MR) is 103 cm³/mol. The largest absolute Gasteiger partial charge is 0.489 e. The van der Waals surface area contributed by atoms with Crippen LogP contribution in [0.1, 0.15) is 55.5 Å². The number of imide groups is 1. The summed E-state index contributed by atoms with van der Waals surface area (Å²) in [5.41, 5.74) is 1.49. The fourth-order valence-electron chi connectivity index (χ4n) is 4.69. The second-order valence-corrected chi connectivity index (χ2v) is 7.88. The maximum atomic E-state index is 12.8. The molecule has 1 aromatic rings. The van der Waals surface area contributed by atoms with E-state index in [0.29, 0.717) is 24.6 Å². The third-order valence-electron chi connectivity index (χ3n) is 6.18. The van der Waals surface area contributed by atoms with Crippen molar-refractivity contribution in [2.24, 2.45) is 0 Å². The molecule has 2 unspecified atom stereocenters. The number of nitrogens with one attached hydrogen (secondary N) is 1. The van der Waals surface area contributed by atoms with E-state index >= 15 is 0 Å². The number of carbonyl (C=O) groups is 3. The monoisotopic (exact) mass is 385 g/mol. The predicted octanol–water partition coefficient (Wildman–Crippen LogP) is 1.70. The fraction of sp³-hybridized carbons (Fsp3) is 0.571. The Balaban J connectivity index is 1.46. The van der Waals surface area contributed by atoms with Crippen molar-refractivity contribution in [3.05, 3.63) is 29.3 Å².